The first kappa shape index (κ1) is 12.0. The van der Waals surface area contributed by atoms with Crippen molar-refractivity contribution in [1.29, 1.82) is 0 Å². The second-order valence-electron chi connectivity index (χ2n) is 4.27. The van der Waals surface area contributed by atoms with Crippen molar-refractivity contribution in [2.75, 3.05) is 0 Å². The number of nitrogens with zero attached hydrogens (tertiary/aromatic N) is 2. The Kier molecular flexibility index (Phi) is 3.74. The van der Waals surface area contributed by atoms with Crippen molar-refractivity contribution in [3.8, 4) is 0 Å². The Balaban J connectivity index is 2.07. The molecule has 0 saturated heterocycles. The first-order chi connectivity index (χ1) is 8.15. The number of halogens is 1. The number of allylic oxidation sites excluding steroid dienone is 1. The normalized spacial score (nSPS) is 21.9. The Labute approximate surface area is 104 Å². The summed E-state index contributed by atoms with van der Waals surface area (Å²) < 4.78 is 0. The zero-order valence-electron chi connectivity index (χ0n) is 9.30. The van der Waals surface area contributed by atoms with Gasteiger partial charge in [-0.25, -0.2) is 4.98 Å². The van der Waals surface area contributed by atoms with Gasteiger partial charge >= 0.3 is 0 Å². The van der Waals surface area contributed by atoms with Crippen molar-refractivity contribution in [3.63, 3.8) is 0 Å². The molecule has 1 fully saturated rings. The highest BCUT2D eigenvalue weighted by atomic mass is 35.5. The maximum Gasteiger partial charge on any atom is 0.233 e. The molecule has 1 atom stereocenters. The monoisotopic (exact) mass is 252 g/mol. The fourth-order valence-electron chi connectivity index (χ4n) is 2.29. The van der Waals surface area contributed by atoms with Gasteiger partial charge in [-0.1, -0.05) is 17.7 Å². The molecule has 0 amide bonds. The van der Waals surface area contributed by atoms with Crippen LogP contribution in [0.5, 0.6) is 0 Å². The largest absolute Gasteiger partial charge is 0.259 e. The lowest BCUT2D eigenvalue weighted by atomic mass is 9.96. The van der Waals surface area contributed by atoms with E-state index >= 15 is 0 Å². The van der Waals surface area contributed by atoms with Gasteiger partial charge < -0.3 is 0 Å². The first-order valence-corrected chi connectivity index (χ1v) is 5.97. The summed E-state index contributed by atoms with van der Waals surface area (Å²) in [6, 6.07) is 3.68. The van der Waals surface area contributed by atoms with E-state index in [1.165, 1.54) is 6.20 Å². The Bertz CT molecular complexity index is 442. The highest BCUT2D eigenvalue weighted by molar-refractivity contribution is 6.29. The summed E-state index contributed by atoms with van der Waals surface area (Å²) in [6.45, 7) is 0. The molecule has 4 nitrogen and oxygen atoms in total. The third kappa shape index (κ3) is 3.27. The molecule has 1 aromatic heterocycles. The fraction of sp³-hybridized carbons (Fsp3) is 0.417. The van der Waals surface area contributed by atoms with Gasteiger partial charge in [0.15, 0.2) is 0 Å². The number of hydrogen-bond donors (Lipinski definition) is 0. The molecule has 0 aromatic carbocycles. The summed E-state index contributed by atoms with van der Waals surface area (Å²) >= 11 is 5.71. The predicted octanol–water partition coefficient (Wildman–Crippen LogP) is 3.24. The summed E-state index contributed by atoms with van der Waals surface area (Å²) in [5.41, 5.74) is 2.03. The maximum atomic E-state index is 10.5. The van der Waals surface area contributed by atoms with E-state index in [0.717, 1.165) is 36.8 Å². The molecule has 1 unspecified atom stereocenters. The SMILES string of the molecule is O=[N+]([O-])/C=C1\CCCC1Cc1ccc(Cl)nc1. The Morgan fingerprint density at radius 1 is 1.59 bits per heavy atom. The van der Waals surface area contributed by atoms with Crippen LogP contribution in [-0.2, 0) is 6.42 Å². The van der Waals surface area contributed by atoms with E-state index in [1.54, 1.807) is 12.3 Å². The van der Waals surface area contributed by atoms with E-state index in [1.807, 2.05) is 6.07 Å². The molecule has 1 aromatic rings. The minimum Gasteiger partial charge on any atom is -0.259 e. The summed E-state index contributed by atoms with van der Waals surface area (Å²) in [5.74, 6) is 0.281. The fourth-order valence-corrected chi connectivity index (χ4v) is 2.40. The molecule has 0 bridgehead atoms. The Hall–Kier alpha value is -1.42. The zero-order valence-corrected chi connectivity index (χ0v) is 10.1. The Morgan fingerprint density at radius 2 is 2.41 bits per heavy atom. The molecule has 0 N–H and O–H groups in total. The van der Waals surface area contributed by atoms with Crippen LogP contribution in [0.3, 0.4) is 0 Å². The molecule has 1 aliphatic rings. The van der Waals surface area contributed by atoms with Crippen LogP contribution in [0.4, 0.5) is 0 Å². The molecule has 90 valence electrons. The van der Waals surface area contributed by atoms with E-state index in [4.69, 9.17) is 11.6 Å². The van der Waals surface area contributed by atoms with E-state index < -0.39 is 0 Å². The van der Waals surface area contributed by atoms with Gasteiger partial charge in [-0.2, -0.15) is 0 Å². The molecule has 0 radical (unpaired) electrons. The van der Waals surface area contributed by atoms with Gasteiger partial charge in [-0.3, -0.25) is 10.1 Å². The maximum absolute atomic E-state index is 10.5. The van der Waals surface area contributed by atoms with Gasteiger partial charge in [0, 0.05) is 11.8 Å². The molecule has 1 aliphatic carbocycles. The molecular formula is C12H13ClN2O2. The van der Waals surface area contributed by atoms with Crippen LogP contribution in [0.25, 0.3) is 0 Å². The zero-order chi connectivity index (χ0) is 12.3. The van der Waals surface area contributed by atoms with Crippen molar-refractivity contribution in [2.24, 2.45) is 5.92 Å². The smallest absolute Gasteiger partial charge is 0.233 e. The topological polar surface area (TPSA) is 56.0 Å². The summed E-state index contributed by atoms with van der Waals surface area (Å²) in [4.78, 5) is 14.2. The lowest BCUT2D eigenvalue weighted by molar-refractivity contribution is -0.403. The molecule has 1 heterocycles. The van der Waals surface area contributed by atoms with E-state index in [2.05, 4.69) is 4.98 Å². The van der Waals surface area contributed by atoms with Crippen LogP contribution in [0.15, 0.2) is 30.1 Å². The van der Waals surface area contributed by atoms with E-state index in [0.29, 0.717) is 5.15 Å². The molecule has 1 saturated carbocycles. The number of pyridine rings is 1. The van der Waals surface area contributed by atoms with E-state index in [-0.39, 0.29) is 10.8 Å². The molecule has 5 heteroatoms. The van der Waals surface area contributed by atoms with Crippen molar-refractivity contribution in [3.05, 3.63) is 50.9 Å². The van der Waals surface area contributed by atoms with Crippen molar-refractivity contribution in [2.45, 2.75) is 25.7 Å². The third-order valence-corrected chi connectivity index (χ3v) is 3.31. The second-order valence-corrected chi connectivity index (χ2v) is 4.66. The van der Waals surface area contributed by atoms with Crippen molar-refractivity contribution < 1.29 is 4.92 Å². The standard InChI is InChI=1S/C12H13ClN2O2/c13-12-5-4-9(7-14-12)6-10-2-1-3-11(10)8-15(16)17/h4-5,7-8,10H,1-3,6H2/b11-8+. The molecular weight excluding hydrogens is 240 g/mol. The molecule has 17 heavy (non-hydrogen) atoms. The van der Waals surface area contributed by atoms with Crippen LogP contribution in [-0.4, -0.2) is 9.91 Å². The number of nitro groups is 1. The van der Waals surface area contributed by atoms with Crippen molar-refractivity contribution >= 4 is 11.6 Å². The third-order valence-electron chi connectivity index (χ3n) is 3.08. The van der Waals surface area contributed by atoms with Gasteiger partial charge in [-0.15, -0.1) is 0 Å². The molecule has 0 spiro atoms. The molecule has 2 rings (SSSR count). The van der Waals surface area contributed by atoms with Crippen LogP contribution < -0.4 is 0 Å². The number of aromatic nitrogens is 1. The van der Waals surface area contributed by atoms with Crippen LogP contribution in [0, 0.1) is 16.0 Å². The van der Waals surface area contributed by atoms with Crippen LogP contribution in [0.1, 0.15) is 24.8 Å². The first-order valence-electron chi connectivity index (χ1n) is 5.59. The summed E-state index contributed by atoms with van der Waals surface area (Å²) in [6.07, 6.45) is 6.61. The average molecular weight is 253 g/mol. The van der Waals surface area contributed by atoms with Crippen molar-refractivity contribution in [1.82, 2.24) is 4.98 Å². The van der Waals surface area contributed by atoms with Crippen LogP contribution in [0.2, 0.25) is 5.15 Å². The highest BCUT2D eigenvalue weighted by Crippen LogP contribution is 2.33. The van der Waals surface area contributed by atoms with Crippen LogP contribution >= 0.6 is 11.6 Å². The lowest BCUT2D eigenvalue weighted by Crippen LogP contribution is -2.03. The average Bonchev–Trinajstić information content (AvgIpc) is 2.68. The Morgan fingerprint density at radius 3 is 3.06 bits per heavy atom. The number of hydrogen-bond acceptors (Lipinski definition) is 3. The minimum atomic E-state index is -0.353. The van der Waals surface area contributed by atoms with Gasteiger partial charge in [-0.05, 0) is 43.2 Å². The quantitative estimate of drug-likeness (QED) is 0.471. The number of rotatable bonds is 3. The molecule has 0 aliphatic heterocycles. The lowest BCUT2D eigenvalue weighted by Gasteiger charge is -2.09. The van der Waals surface area contributed by atoms with Gasteiger partial charge in [0.05, 0.1) is 4.92 Å². The van der Waals surface area contributed by atoms with Gasteiger partial charge in [0.1, 0.15) is 5.15 Å². The second kappa shape index (κ2) is 5.27. The minimum absolute atomic E-state index is 0.281. The highest BCUT2D eigenvalue weighted by Gasteiger charge is 2.23. The summed E-state index contributed by atoms with van der Waals surface area (Å²) in [7, 11) is 0. The summed E-state index contributed by atoms with van der Waals surface area (Å²) in [5, 5.41) is 11.0. The predicted molar refractivity (Wildman–Crippen MR) is 65.4 cm³/mol. The van der Waals surface area contributed by atoms with E-state index in [9.17, 15) is 10.1 Å². The van der Waals surface area contributed by atoms with Gasteiger partial charge in [0.25, 0.3) is 0 Å². The van der Waals surface area contributed by atoms with Gasteiger partial charge in [0.2, 0.25) is 6.20 Å².